The van der Waals surface area contributed by atoms with Crippen molar-refractivity contribution < 1.29 is 31.8 Å². The number of carbonyl (C=O) groups excluding carboxylic acids is 1. The lowest BCUT2D eigenvalue weighted by atomic mass is 10.3. The minimum absolute atomic E-state index is 0.0206. The molecule has 0 aliphatic heterocycles. The zero-order chi connectivity index (χ0) is 13.5. The maximum Gasteiger partial charge on any atom is 0.305 e. The van der Waals surface area contributed by atoms with Gasteiger partial charge in [0.1, 0.15) is 6.10 Å². The van der Waals surface area contributed by atoms with Gasteiger partial charge in [0.25, 0.3) is 6.43 Å². The number of nitrogens with one attached hydrogen (secondary N) is 1. The first-order chi connectivity index (χ1) is 7.78. The predicted molar refractivity (Wildman–Crippen MR) is 55.1 cm³/mol. The van der Waals surface area contributed by atoms with Crippen LogP contribution in [-0.4, -0.2) is 51.4 Å². The Morgan fingerprint density at radius 1 is 1.47 bits per heavy atom. The van der Waals surface area contributed by atoms with Crippen molar-refractivity contribution in [3.8, 4) is 0 Å². The summed E-state index contributed by atoms with van der Waals surface area (Å²) in [6.07, 6.45) is -5.10. The van der Waals surface area contributed by atoms with Gasteiger partial charge in [-0.1, -0.05) is 0 Å². The molecule has 0 radical (unpaired) electrons. The lowest BCUT2D eigenvalue weighted by Gasteiger charge is -2.10. The quantitative estimate of drug-likeness (QED) is 0.582. The Bertz CT molecular complexity index is 333. The van der Waals surface area contributed by atoms with Crippen molar-refractivity contribution in [2.24, 2.45) is 0 Å². The topological polar surface area (TPSA) is 92.7 Å². The second kappa shape index (κ2) is 7.51. The molecule has 6 nitrogen and oxygen atoms in total. The number of alkyl halides is 2. The second-order valence-electron chi connectivity index (χ2n) is 3.25. The lowest BCUT2D eigenvalue weighted by molar-refractivity contribution is -0.140. The Morgan fingerprint density at radius 2 is 2.06 bits per heavy atom. The monoisotopic (exact) mass is 275 g/mol. The molecule has 0 aromatic carbocycles. The fourth-order valence-electron chi connectivity index (χ4n) is 0.882. The van der Waals surface area contributed by atoms with Crippen LogP contribution >= 0.6 is 0 Å². The molecule has 1 atom stereocenters. The van der Waals surface area contributed by atoms with Crippen LogP contribution in [0.1, 0.15) is 12.8 Å². The molecule has 0 spiro atoms. The van der Waals surface area contributed by atoms with E-state index in [1.807, 2.05) is 4.72 Å². The minimum atomic E-state index is -3.77. The molecular formula is C8H15F2NO5S. The van der Waals surface area contributed by atoms with Gasteiger partial charge >= 0.3 is 5.97 Å². The van der Waals surface area contributed by atoms with Crippen LogP contribution in [0.15, 0.2) is 0 Å². The average molecular weight is 275 g/mol. The molecule has 0 aliphatic carbocycles. The first-order valence-electron chi connectivity index (χ1n) is 4.79. The summed E-state index contributed by atoms with van der Waals surface area (Å²) in [7, 11) is -2.59. The van der Waals surface area contributed by atoms with E-state index in [2.05, 4.69) is 4.74 Å². The first kappa shape index (κ1) is 16.2. The van der Waals surface area contributed by atoms with E-state index >= 15 is 0 Å². The Labute approximate surface area is 98.0 Å². The maximum atomic E-state index is 11.9. The smallest absolute Gasteiger partial charge is 0.305 e. The van der Waals surface area contributed by atoms with Gasteiger partial charge < -0.3 is 9.84 Å². The van der Waals surface area contributed by atoms with Crippen LogP contribution in [0.4, 0.5) is 8.78 Å². The maximum absolute atomic E-state index is 11.9. The molecule has 0 bridgehead atoms. The van der Waals surface area contributed by atoms with Crippen LogP contribution in [0.3, 0.4) is 0 Å². The number of sulfonamides is 1. The third-order valence-electron chi connectivity index (χ3n) is 1.82. The van der Waals surface area contributed by atoms with Crippen molar-refractivity contribution in [3.63, 3.8) is 0 Å². The number of rotatable bonds is 8. The van der Waals surface area contributed by atoms with Gasteiger partial charge in [-0.05, 0) is 6.42 Å². The van der Waals surface area contributed by atoms with E-state index < -0.39 is 40.8 Å². The van der Waals surface area contributed by atoms with Gasteiger partial charge in [-0.2, -0.15) is 0 Å². The van der Waals surface area contributed by atoms with Crippen LogP contribution in [0.25, 0.3) is 0 Å². The Balaban J connectivity index is 3.93. The van der Waals surface area contributed by atoms with Crippen molar-refractivity contribution in [2.75, 3.05) is 19.4 Å². The number of hydrogen-bond donors (Lipinski definition) is 2. The minimum Gasteiger partial charge on any atom is -0.469 e. The SMILES string of the molecule is COC(=O)CCCS(=O)(=O)NCC(O)C(F)F. The molecule has 1 unspecified atom stereocenters. The summed E-state index contributed by atoms with van der Waals surface area (Å²) in [4.78, 5) is 10.7. The zero-order valence-corrected chi connectivity index (χ0v) is 10.0. The van der Waals surface area contributed by atoms with Crippen molar-refractivity contribution in [2.45, 2.75) is 25.4 Å². The van der Waals surface area contributed by atoms with Gasteiger partial charge in [0.2, 0.25) is 10.0 Å². The highest BCUT2D eigenvalue weighted by Gasteiger charge is 2.19. The fourth-order valence-corrected chi connectivity index (χ4v) is 1.98. The van der Waals surface area contributed by atoms with Crippen LogP contribution in [0.2, 0.25) is 0 Å². The van der Waals surface area contributed by atoms with Crippen LogP contribution in [0, 0.1) is 0 Å². The Kier molecular flexibility index (Phi) is 7.16. The van der Waals surface area contributed by atoms with E-state index in [-0.39, 0.29) is 12.8 Å². The highest BCUT2D eigenvalue weighted by Crippen LogP contribution is 2.01. The van der Waals surface area contributed by atoms with Crippen molar-refractivity contribution >= 4 is 16.0 Å². The molecule has 17 heavy (non-hydrogen) atoms. The highest BCUT2D eigenvalue weighted by molar-refractivity contribution is 7.89. The molecule has 2 N–H and O–H groups in total. The Morgan fingerprint density at radius 3 is 2.53 bits per heavy atom. The van der Waals surface area contributed by atoms with Gasteiger partial charge in [-0.3, -0.25) is 4.79 Å². The van der Waals surface area contributed by atoms with E-state index in [4.69, 9.17) is 5.11 Å². The number of methoxy groups -OCH3 is 1. The molecular weight excluding hydrogens is 260 g/mol. The molecule has 0 heterocycles. The van der Waals surface area contributed by atoms with E-state index in [1.165, 1.54) is 7.11 Å². The molecule has 9 heteroatoms. The molecule has 0 saturated carbocycles. The van der Waals surface area contributed by atoms with Gasteiger partial charge in [0.15, 0.2) is 0 Å². The van der Waals surface area contributed by atoms with Crippen LogP contribution in [0.5, 0.6) is 0 Å². The Hall–Kier alpha value is -0.800. The summed E-state index contributed by atoms with van der Waals surface area (Å²) in [6, 6.07) is 0. The number of aliphatic hydroxyl groups excluding tert-OH is 1. The highest BCUT2D eigenvalue weighted by atomic mass is 32.2. The normalized spacial score (nSPS) is 13.7. The number of aliphatic hydroxyl groups is 1. The molecule has 0 amide bonds. The summed E-state index contributed by atoms with van der Waals surface area (Å²) in [5.74, 6) is -0.939. The molecule has 102 valence electrons. The van der Waals surface area contributed by atoms with E-state index in [0.717, 1.165) is 0 Å². The predicted octanol–water partition coefficient (Wildman–Crippen LogP) is -0.515. The summed E-state index contributed by atoms with van der Waals surface area (Å²) >= 11 is 0. The van der Waals surface area contributed by atoms with Gasteiger partial charge in [-0.15, -0.1) is 0 Å². The average Bonchev–Trinajstić information content (AvgIpc) is 2.25. The molecule has 0 aliphatic rings. The van der Waals surface area contributed by atoms with Crippen LogP contribution in [-0.2, 0) is 19.6 Å². The van der Waals surface area contributed by atoms with Crippen molar-refractivity contribution in [3.05, 3.63) is 0 Å². The van der Waals surface area contributed by atoms with E-state index in [0.29, 0.717) is 0 Å². The molecule has 0 aromatic heterocycles. The third kappa shape index (κ3) is 8.00. The molecule has 0 fully saturated rings. The zero-order valence-electron chi connectivity index (χ0n) is 9.23. The summed E-state index contributed by atoms with van der Waals surface area (Å²) in [5.41, 5.74) is 0. The number of esters is 1. The first-order valence-corrected chi connectivity index (χ1v) is 6.44. The number of halogens is 2. The number of carbonyl (C=O) groups is 1. The molecule has 0 saturated heterocycles. The van der Waals surface area contributed by atoms with E-state index in [9.17, 15) is 22.0 Å². The number of ether oxygens (including phenoxy) is 1. The fraction of sp³-hybridized carbons (Fsp3) is 0.875. The summed E-state index contributed by atoms with van der Waals surface area (Å²) in [6.45, 7) is -0.752. The standard InChI is InChI=1S/C8H15F2NO5S/c1-16-7(13)3-2-4-17(14,15)11-5-6(12)8(9)10/h6,8,11-12H,2-5H2,1H3. The van der Waals surface area contributed by atoms with Crippen molar-refractivity contribution in [1.82, 2.24) is 4.72 Å². The van der Waals surface area contributed by atoms with E-state index in [1.54, 1.807) is 0 Å². The molecule has 0 aromatic rings. The molecule has 0 rings (SSSR count). The lowest BCUT2D eigenvalue weighted by Crippen LogP contribution is -2.37. The largest absolute Gasteiger partial charge is 0.469 e. The van der Waals surface area contributed by atoms with Crippen LogP contribution < -0.4 is 4.72 Å². The van der Waals surface area contributed by atoms with Gasteiger partial charge in [0, 0.05) is 13.0 Å². The van der Waals surface area contributed by atoms with Crippen molar-refractivity contribution in [1.29, 1.82) is 0 Å². The van der Waals surface area contributed by atoms with Gasteiger partial charge in [0.05, 0.1) is 12.9 Å². The number of hydrogen-bond acceptors (Lipinski definition) is 5. The second-order valence-corrected chi connectivity index (χ2v) is 5.18. The summed E-state index contributed by atoms with van der Waals surface area (Å²) < 4.78 is 52.3. The summed E-state index contributed by atoms with van der Waals surface area (Å²) in [5, 5.41) is 8.69. The third-order valence-corrected chi connectivity index (χ3v) is 3.26. The van der Waals surface area contributed by atoms with Gasteiger partial charge in [-0.25, -0.2) is 21.9 Å².